The summed E-state index contributed by atoms with van der Waals surface area (Å²) in [6.45, 7) is 1.66. The molecule has 108 valence electrons. The van der Waals surface area contributed by atoms with Gasteiger partial charge in [0.05, 0.1) is 11.8 Å². The number of hydrogen-bond donors (Lipinski definition) is 1. The molecule has 0 saturated carbocycles. The maximum Gasteiger partial charge on any atom is 0.258 e. The highest BCUT2D eigenvalue weighted by Crippen LogP contribution is 2.16. The van der Waals surface area contributed by atoms with E-state index in [1.165, 1.54) is 12.5 Å². The van der Waals surface area contributed by atoms with Crippen LogP contribution in [0.2, 0.25) is 0 Å². The second-order valence-corrected chi connectivity index (χ2v) is 5.04. The van der Waals surface area contributed by atoms with Crippen LogP contribution in [-0.2, 0) is 0 Å². The minimum absolute atomic E-state index is 0.0558. The van der Waals surface area contributed by atoms with Crippen LogP contribution in [0.3, 0.4) is 0 Å². The molecular formula is C16H16N2O3. The summed E-state index contributed by atoms with van der Waals surface area (Å²) in [6.07, 6.45) is 4.99. The van der Waals surface area contributed by atoms with Gasteiger partial charge in [0.2, 0.25) is 0 Å². The summed E-state index contributed by atoms with van der Waals surface area (Å²) in [6, 6.07) is 8.56. The number of rotatable bonds is 3. The van der Waals surface area contributed by atoms with E-state index in [1.54, 1.807) is 30.3 Å². The smallest absolute Gasteiger partial charge is 0.258 e. The number of likely N-dealkylation sites (tertiary alicyclic amines) is 1. The number of nitrogens with zero attached hydrogens (tertiary/aromatic N) is 1. The first-order valence-electron chi connectivity index (χ1n) is 6.97. The average Bonchev–Trinajstić information content (AvgIpc) is 3.20. The van der Waals surface area contributed by atoms with E-state index < -0.39 is 0 Å². The molecule has 2 aromatic rings. The van der Waals surface area contributed by atoms with Gasteiger partial charge in [-0.1, -0.05) is 0 Å². The molecule has 1 aromatic heterocycles. The Morgan fingerprint density at radius 1 is 1.00 bits per heavy atom. The van der Waals surface area contributed by atoms with Gasteiger partial charge in [0, 0.05) is 24.3 Å². The van der Waals surface area contributed by atoms with Gasteiger partial charge in [-0.05, 0) is 43.2 Å². The summed E-state index contributed by atoms with van der Waals surface area (Å²) < 4.78 is 4.87. The molecule has 1 aliphatic rings. The number of hydrogen-bond acceptors (Lipinski definition) is 3. The summed E-state index contributed by atoms with van der Waals surface area (Å²) in [5, 5.41) is 2.76. The third-order valence-corrected chi connectivity index (χ3v) is 3.57. The highest BCUT2D eigenvalue weighted by Gasteiger charge is 2.19. The summed E-state index contributed by atoms with van der Waals surface area (Å²) in [4.78, 5) is 25.9. The first kappa shape index (κ1) is 13.4. The van der Waals surface area contributed by atoms with E-state index in [1.807, 2.05) is 4.90 Å². The Labute approximate surface area is 122 Å². The quantitative estimate of drug-likeness (QED) is 0.942. The third-order valence-electron chi connectivity index (χ3n) is 3.57. The van der Waals surface area contributed by atoms with Crippen molar-refractivity contribution in [3.05, 3.63) is 54.0 Å². The average molecular weight is 284 g/mol. The summed E-state index contributed by atoms with van der Waals surface area (Å²) in [7, 11) is 0. The van der Waals surface area contributed by atoms with E-state index in [4.69, 9.17) is 4.42 Å². The molecule has 5 heteroatoms. The lowest BCUT2D eigenvalue weighted by atomic mass is 10.2. The Morgan fingerprint density at radius 3 is 2.33 bits per heavy atom. The lowest BCUT2D eigenvalue weighted by molar-refractivity contribution is 0.0792. The molecule has 0 aliphatic carbocycles. The maximum absolute atomic E-state index is 12.2. The van der Waals surface area contributed by atoms with Crippen molar-refractivity contribution < 1.29 is 14.0 Å². The monoisotopic (exact) mass is 284 g/mol. The number of carbonyl (C=O) groups excluding carboxylic acids is 2. The molecule has 21 heavy (non-hydrogen) atoms. The van der Waals surface area contributed by atoms with Gasteiger partial charge in [-0.3, -0.25) is 9.59 Å². The zero-order valence-electron chi connectivity index (χ0n) is 11.5. The minimum atomic E-state index is -0.234. The molecule has 0 spiro atoms. The van der Waals surface area contributed by atoms with Crippen LogP contribution in [-0.4, -0.2) is 29.8 Å². The molecule has 2 amide bonds. The Balaban J connectivity index is 1.66. The molecule has 0 radical (unpaired) electrons. The van der Waals surface area contributed by atoms with E-state index in [9.17, 15) is 9.59 Å². The molecule has 1 saturated heterocycles. The van der Waals surface area contributed by atoms with Gasteiger partial charge in [0.1, 0.15) is 6.26 Å². The van der Waals surface area contributed by atoms with Crippen molar-refractivity contribution >= 4 is 17.5 Å². The Bertz CT molecular complexity index is 626. The molecule has 0 unspecified atom stereocenters. The largest absolute Gasteiger partial charge is 0.472 e. The molecule has 1 fully saturated rings. The van der Waals surface area contributed by atoms with E-state index in [0.717, 1.165) is 25.9 Å². The van der Waals surface area contributed by atoms with Crippen molar-refractivity contribution in [3.63, 3.8) is 0 Å². The molecule has 1 aromatic carbocycles. The van der Waals surface area contributed by atoms with Crippen LogP contribution in [0.1, 0.15) is 33.6 Å². The number of amides is 2. The van der Waals surface area contributed by atoms with Crippen molar-refractivity contribution in [1.82, 2.24) is 4.90 Å². The predicted octanol–water partition coefficient (Wildman–Crippen LogP) is 2.77. The fraction of sp³-hybridized carbons (Fsp3) is 0.250. The van der Waals surface area contributed by atoms with Crippen LogP contribution in [0.5, 0.6) is 0 Å². The zero-order valence-corrected chi connectivity index (χ0v) is 11.5. The molecule has 2 heterocycles. The van der Waals surface area contributed by atoms with Gasteiger partial charge in [0.15, 0.2) is 0 Å². The van der Waals surface area contributed by atoms with Crippen LogP contribution in [0.25, 0.3) is 0 Å². The fourth-order valence-electron chi connectivity index (χ4n) is 2.40. The summed E-state index contributed by atoms with van der Waals surface area (Å²) >= 11 is 0. The highest BCUT2D eigenvalue weighted by molar-refractivity contribution is 6.04. The summed E-state index contributed by atoms with van der Waals surface area (Å²) in [5.74, 6) is -0.178. The third kappa shape index (κ3) is 2.97. The fourth-order valence-corrected chi connectivity index (χ4v) is 2.40. The lowest BCUT2D eigenvalue weighted by Gasteiger charge is -2.15. The standard InChI is InChI=1S/C16H16N2O3/c19-15(13-7-10-21-11-13)17-14-5-3-12(4-6-14)16(20)18-8-1-2-9-18/h3-7,10-11H,1-2,8-9H2,(H,17,19). The Hall–Kier alpha value is -2.56. The second kappa shape index (κ2) is 5.83. The van der Waals surface area contributed by atoms with Gasteiger partial charge in [0.25, 0.3) is 11.8 Å². The number of nitrogens with one attached hydrogen (secondary N) is 1. The topological polar surface area (TPSA) is 62.6 Å². The van der Waals surface area contributed by atoms with Crippen LogP contribution in [0.4, 0.5) is 5.69 Å². The van der Waals surface area contributed by atoms with Crippen molar-refractivity contribution in [2.75, 3.05) is 18.4 Å². The van der Waals surface area contributed by atoms with Gasteiger partial charge < -0.3 is 14.6 Å². The first-order chi connectivity index (χ1) is 10.2. The van der Waals surface area contributed by atoms with Crippen molar-refractivity contribution in [2.24, 2.45) is 0 Å². The van der Waals surface area contributed by atoms with Crippen molar-refractivity contribution in [2.45, 2.75) is 12.8 Å². The molecule has 3 rings (SSSR count). The number of carbonyl (C=O) groups is 2. The highest BCUT2D eigenvalue weighted by atomic mass is 16.3. The SMILES string of the molecule is O=C(Nc1ccc(C(=O)N2CCCC2)cc1)c1ccoc1. The molecule has 0 atom stereocenters. The minimum Gasteiger partial charge on any atom is -0.472 e. The van der Waals surface area contributed by atoms with Crippen molar-refractivity contribution in [1.29, 1.82) is 0 Å². The predicted molar refractivity (Wildman–Crippen MR) is 78.2 cm³/mol. The van der Waals surface area contributed by atoms with E-state index in [-0.39, 0.29) is 11.8 Å². The molecule has 1 aliphatic heterocycles. The van der Waals surface area contributed by atoms with Gasteiger partial charge in [-0.25, -0.2) is 0 Å². The van der Waals surface area contributed by atoms with Crippen LogP contribution < -0.4 is 5.32 Å². The van der Waals surface area contributed by atoms with E-state index in [0.29, 0.717) is 16.8 Å². The first-order valence-corrected chi connectivity index (χ1v) is 6.97. The van der Waals surface area contributed by atoms with Crippen LogP contribution >= 0.6 is 0 Å². The second-order valence-electron chi connectivity index (χ2n) is 5.04. The zero-order chi connectivity index (χ0) is 14.7. The Kier molecular flexibility index (Phi) is 3.73. The number of furan rings is 1. The van der Waals surface area contributed by atoms with Crippen LogP contribution in [0, 0.1) is 0 Å². The lowest BCUT2D eigenvalue weighted by Crippen LogP contribution is -2.27. The normalized spacial score (nSPS) is 14.2. The number of anilines is 1. The van der Waals surface area contributed by atoms with Crippen molar-refractivity contribution in [3.8, 4) is 0 Å². The molecular weight excluding hydrogens is 268 g/mol. The van der Waals surface area contributed by atoms with Gasteiger partial charge in [-0.15, -0.1) is 0 Å². The van der Waals surface area contributed by atoms with E-state index in [2.05, 4.69) is 5.32 Å². The maximum atomic E-state index is 12.2. The van der Waals surface area contributed by atoms with Crippen LogP contribution in [0.15, 0.2) is 47.3 Å². The van der Waals surface area contributed by atoms with Gasteiger partial charge in [-0.2, -0.15) is 0 Å². The van der Waals surface area contributed by atoms with E-state index >= 15 is 0 Å². The van der Waals surface area contributed by atoms with Gasteiger partial charge >= 0.3 is 0 Å². The Morgan fingerprint density at radius 2 is 1.71 bits per heavy atom. The summed E-state index contributed by atoms with van der Waals surface area (Å²) in [5.41, 5.74) is 1.77. The molecule has 0 bridgehead atoms. The molecule has 1 N–H and O–H groups in total. The molecule has 5 nitrogen and oxygen atoms in total. The number of benzene rings is 1.